The molecular formula is C16H22ClFN2O3. The Kier molecular flexibility index (Phi) is 6.97. The van der Waals surface area contributed by atoms with Crippen LogP contribution in [0.2, 0.25) is 5.02 Å². The van der Waals surface area contributed by atoms with Crippen molar-refractivity contribution in [2.45, 2.75) is 39.2 Å². The quantitative estimate of drug-likeness (QED) is 0.694. The van der Waals surface area contributed by atoms with Crippen molar-refractivity contribution in [2.24, 2.45) is 5.92 Å². The summed E-state index contributed by atoms with van der Waals surface area (Å²) in [4.78, 5) is 23.5. The number of carbonyl (C=O) groups is 2. The average Bonchev–Trinajstić information content (AvgIpc) is 2.46. The highest BCUT2D eigenvalue weighted by molar-refractivity contribution is 6.39. The Labute approximate surface area is 140 Å². The third-order valence-electron chi connectivity index (χ3n) is 3.27. The minimum absolute atomic E-state index is 0.0407. The number of carbonyl (C=O) groups excluding carboxylic acids is 2. The predicted molar refractivity (Wildman–Crippen MR) is 87.7 cm³/mol. The number of hydrogen-bond donors (Lipinski definition) is 3. The van der Waals surface area contributed by atoms with Gasteiger partial charge in [-0.05, 0) is 43.9 Å². The van der Waals surface area contributed by atoms with Crippen LogP contribution in [0.1, 0.15) is 33.6 Å². The average molecular weight is 345 g/mol. The Hall–Kier alpha value is -1.66. The molecule has 0 aliphatic heterocycles. The molecule has 5 nitrogen and oxygen atoms in total. The van der Waals surface area contributed by atoms with Gasteiger partial charge in [0.1, 0.15) is 5.82 Å². The third-order valence-corrected chi connectivity index (χ3v) is 3.58. The Morgan fingerprint density at radius 2 is 2.00 bits per heavy atom. The summed E-state index contributed by atoms with van der Waals surface area (Å²) in [5.41, 5.74) is -0.967. The van der Waals surface area contributed by atoms with Crippen molar-refractivity contribution in [1.29, 1.82) is 0 Å². The van der Waals surface area contributed by atoms with Gasteiger partial charge in [-0.3, -0.25) is 9.59 Å². The summed E-state index contributed by atoms with van der Waals surface area (Å²) in [5, 5.41) is 14.7. The molecule has 7 heteroatoms. The van der Waals surface area contributed by atoms with Crippen LogP contribution in [0.5, 0.6) is 0 Å². The Morgan fingerprint density at radius 1 is 1.35 bits per heavy atom. The van der Waals surface area contributed by atoms with Crippen molar-refractivity contribution < 1.29 is 19.1 Å². The van der Waals surface area contributed by atoms with Crippen LogP contribution < -0.4 is 10.6 Å². The molecule has 0 spiro atoms. The first kappa shape index (κ1) is 19.4. The fourth-order valence-corrected chi connectivity index (χ4v) is 1.92. The maximum Gasteiger partial charge on any atom is 0.313 e. The number of aliphatic hydroxyl groups is 1. The van der Waals surface area contributed by atoms with E-state index in [4.69, 9.17) is 11.6 Å². The van der Waals surface area contributed by atoms with E-state index in [-0.39, 0.29) is 17.3 Å². The number of benzene rings is 1. The van der Waals surface area contributed by atoms with Crippen LogP contribution in [0.15, 0.2) is 18.2 Å². The number of hydrogen-bond acceptors (Lipinski definition) is 3. The van der Waals surface area contributed by atoms with E-state index in [1.807, 2.05) is 13.8 Å². The second-order valence-electron chi connectivity index (χ2n) is 6.20. The van der Waals surface area contributed by atoms with E-state index >= 15 is 0 Å². The predicted octanol–water partition coefficient (Wildman–Crippen LogP) is 2.72. The lowest BCUT2D eigenvalue weighted by atomic mass is 9.95. The van der Waals surface area contributed by atoms with Gasteiger partial charge < -0.3 is 15.7 Å². The van der Waals surface area contributed by atoms with Crippen molar-refractivity contribution in [2.75, 3.05) is 11.9 Å². The van der Waals surface area contributed by atoms with Gasteiger partial charge in [0, 0.05) is 12.2 Å². The summed E-state index contributed by atoms with van der Waals surface area (Å²) in [7, 11) is 0. The molecule has 0 saturated heterocycles. The molecule has 1 atom stereocenters. The van der Waals surface area contributed by atoms with E-state index in [1.54, 1.807) is 6.92 Å². The van der Waals surface area contributed by atoms with Gasteiger partial charge in [0.05, 0.1) is 10.6 Å². The number of anilines is 1. The molecule has 2 amide bonds. The first-order chi connectivity index (χ1) is 10.6. The number of amides is 2. The van der Waals surface area contributed by atoms with Crippen LogP contribution in [0.4, 0.5) is 10.1 Å². The molecular weight excluding hydrogens is 323 g/mol. The number of rotatable bonds is 6. The van der Waals surface area contributed by atoms with Crippen LogP contribution in [0, 0.1) is 11.7 Å². The van der Waals surface area contributed by atoms with Crippen LogP contribution in [0.25, 0.3) is 0 Å². The number of nitrogens with one attached hydrogen (secondary N) is 2. The zero-order chi connectivity index (χ0) is 17.6. The molecule has 0 aliphatic carbocycles. The minimum Gasteiger partial charge on any atom is -0.388 e. The molecule has 128 valence electrons. The Morgan fingerprint density at radius 3 is 2.57 bits per heavy atom. The second kappa shape index (κ2) is 8.26. The Bertz CT molecular complexity index is 576. The zero-order valence-corrected chi connectivity index (χ0v) is 14.2. The van der Waals surface area contributed by atoms with Gasteiger partial charge in [-0.2, -0.15) is 0 Å². The normalized spacial score (nSPS) is 13.5. The molecule has 0 fully saturated rings. The molecule has 0 radical (unpaired) electrons. The summed E-state index contributed by atoms with van der Waals surface area (Å²) in [5.74, 6) is -2.10. The van der Waals surface area contributed by atoms with Gasteiger partial charge in [-0.25, -0.2) is 4.39 Å². The highest BCUT2D eigenvalue weighted by Crippen LogP contribution is 2.18. The van der Waals surface area contributed by atoms with Gasteiger partial charge in [0.15, 0.2) is 0 Å². The molecule has 23 heavy (non-hydrogen) atoms. The molecule has 0 aliphatic rings. The van der Waals surface area contributed by atoms with Crippen molar-refractivity contribution in [3.8, 4) is 0 Å². The molecule has 1 aromatic carbocycles. The largest absolute Gasteiger partial charge is 0.388 e. The molecule has 0 bridgehead atoms. The van der Waals surface area contributed by atoms with Crippen molar-refractivity contribution in [1.82, 2.24) is 5.32 Å². The van der Waals surface area contributed by atoms with E-state index in [1.165, 1.54) is 12.1 Å². The number of halogens is 2. The Balaban J connectivity index is 2.50. The SMILES string of the molecule is CC(C)CCC(C)(O)CNC(=O)C(=O)Nc1ccc(Cl)c(F)c1. The van der Waals surface area contributed by atoms with Gasteiger partial charge in [-0.1, -0.05) is 25.4 Å². The van der Waals surface area contributed by atoms with Crippen molar-refractivity contribution in [3.63, 3.8) is 0 Å². The summed E-state index contributed by atoms with van der Waals surface area (Å²) < 4.78 is 13.3. The standard InChI is InChI=1S/C16H22ClFN2O3/c1-10(2)6-7-16(3,23)9-19-14(21)15(22)20-11-4-5-12(17)13(18)8-11/h4-5,8,10,23H,6-7,9H2,1-3H3,(H,19,21)(H,20,22). The summed E-state index contributed by atoms with van der Waals surface area (Å²) >= 11 is 5.54. The van der Waals surface area contributed by atoms with E-state index in [2.05, 4.69) is 10.6 Å². The molecule has 1 rings (SSSR count). The lowest BCUT2D eigenvalue weighted by molar-refractivity contribution is -0.136. The fraction of sp³-hybridized carbons (Fsp3) is 0.500. The molecule has 1 aromatic rings. The molecule has 1 unspecified atom stereocenters. The van der Waals surface area contributed by atoms with Gasteiger partial charge in [0.2, 0.25) is 0 Å². The molecule has 0 aromatic heterocycles. The lowest BCUT2D eigenvalue weighted by Gasteiger charge is -2.24. The highest BCUT2D eigenvalue weighted by Gasteiger charge is 2.23. The molecule has 0 saturated carbocycles. The van der Waals surface area contributed by atoms with Gasteiger partial charge >= 0.3 is 11.8 Å². The zero-order valence-electron chi connectivity index (χ0n) is 13.5. The minimum atomic E-state index is -1.09. The van der Waals surface area contributed by atoms with Gasteiger partial charge in [0.25, 0.3) is 0 Å². The highest BCUT2D eigenvalue weighted by atomic mass is 35.5. The van der Waals surface area contributed by atoms with Crippen LogP contribution in [0.3, 0.4) is 0 Å². The summed E-state index contributed by atoms with van der Waals surface area (Å²) in [6.45, 7) is 5.63. The lowest BCUT2D eigenvalue weighted by Crippen LogP contribution is -2.44. The van der Waals surface area contributed by atoms with E-state index in [9.17, 15) is 19.1 Å². The van der Waals surface area contributed by atoms with Crippen molar-refractivity contribution in [3.05, 3.63) is 29.0 Å². The second-order valence-corrected chi connectivity index (χ2v) is 6.60. The van der Waals surface area contributed by atoms with Crippen LogP contribution >= 0.6 is 11.6 Å². The topological polar surface area (TPSA) is 78.4 Å². The van der Waals surface area contributed by atoms with E-state index < -0.39 is 23.2 Å². The third kappa shape index (κ3) is 6.97. The van der Waals surface area contributed by atoms with E-state index in [0.29, 0.717) is 12.3 Å². The smallest absolute Gasteiger partial charge is 0.313 e. The maximum atomic E-state index is 13.3. The first-order valence-corrected chi connectivity index (χ1v) is 7.75. The molecule has 3 N–H and O–H groups in total. The van der Waals surface area contributed by atoms with Crippen LogP contribution in [-0.2, 0) is 9.59 Å². The van der Waals surface area contributed by atoms with Gasteiger partial charge in [-0.15, -0.1) is 0 Å². The van der Waals surface area contributed by atoms with Crippen molar-refractivity contribution >= 4 is 29.1 Å². The summed E-state index contributed by atoms with van der Waals surface area (Å²) in [6, 6.07) is 3.68. The molecule has 0 heterocycles. The maximum absolute atomic E-state index is 13.3. The van der Waals surface area contributed by atoms with E-state index in [0.717, 1.165) is 12.5 Å². The fourth-order valence-electron chi connectivity index (χ4n) is 1.80. The first-order valence-electron chi connectivity index (χ1n) is 7.37. The monoisotopic (exact) mass is 344 g/mol. The summed E-state index contributed by atoms with van der Waals surface area (Å²) in [6.07, 6.45) is 1.31. The van der Waals surface area contributed by atoms with Crippen LogP contribution in [-0.4, -0.2) is 29.1 Å².